The molecule has 0 aliphatic carbocycles. The quantitative estimate of drug-likeness (QED) is 0.424. The second kappa shape index (κ2) is 7.88. The van der Waals surface area contributed by atoms with E-state index in [-0.39, 0.29) is 11.8 Å². The summed E-state index contributed by atoms with van der Waals surface area (Å²) in [6.45, 7) is 3.69. The molecule has 0 heterocycles. The van der Waals surface area contributed by atoms with Crippen LogP contribution in [-0.4, -0.2) is 36.3 Å². The fraction of sp³-hybridized carbons (Fsp3) is 0.357. The standard InChI is InChI=1S/C14H19N3O4/c1-4-9(2)16-13(19)14(20)17-15-8-10-6-5-7-11(21-3)12(10)18/h5-9,18H,4H2,1-3H3,(H,16,19)(H,17,20)/b15-8-/t9-/m0/s1. The molecule has 0 unspecified atom stereocenters. The van der Waals surface area contributed by atoms with Gasteiger partial charge in [0.05, 0.1) is 13.3 Å². The lowest BCUT2D eigenvalue weighted by Gasteiger charge is -2.09. The first-order valence-corrected chi connectivity index (χ1v) is 6.49. The van der Waals surface area contributed by atoms with Crippen LogP contribution in [0.1, 0.15) is 25.8 Å². The van der Waals surface area contributed by atoms with Crippen molar-refractivity contribution in [2.75, 3.05) is 7.11 Å². The number of nitrogens with one attached hydrogen (secondary N) is 2. The average Bonchev–Trinajstić information content (AvgIpc) is 2.48. The number of aromatic hydroxyl groups is 1. The monoisotopic (exact) mass is 293 g/mol. The topological polar surface area (TPSA) is 100 Å². The molecule has 0 aromatic heterocycles. The Morgan fingerprint density at radius 3 is 2.76 bits per heavy atom. The SMILES string of the molecule is CC[C@H](C)NC(=O)C(=O)N/N=C\c1cccc(OC)c1O. The van der Waals surface area contributed by atoms with Crippen molar-refractivity contribution in [2.24, 2.45) is 5.10 Å². The van der Waals surface area contributed by atoms with Crippen LogP contribution in [0.5, 0.6) is 11.5 Å². The van der Waals surface area contributed by atoms with Gasteiger partial charge < -0.3 is 15.2 Å². The number of hydrogen-bond donors (Lipinski definition) is 3. The van der Waals surface area contributed by atoms with Crippen molar-refractivity contribution in [3.05, 3.63) is 23.8 Å². The van der Waals surface area contributed by atoms with E-state index in [2.05, 4.69) is 15.8 Å². The van der Waals surface area contributed by atoms with Gasteiger partial charge in [-0.25, -0.2) is 5.43 Å². The minimum atomic E-state index is -0.867. The van der Waals surface area contributed by atoms with Crippen molar-refractivity contribution in [2.45, 2.75) is 26.3 Å². The third-order valence-corrected chi connectivity index (χ3v) is 2.82. The molecule has 0 radical (unpaired) electrons. The maximum absolute atomic E-state index is 11.5. The summed E-state index contributed by atoms with van der Waals surface area (Å²) in [4.78, 5) is 22.9. The highest BCUT2D eigenvalue weighted by atomic mass is 16.5. The van der Waals surface area contributed by atoms with Gasteiger partial charge >= 0.3 is 11.8 Å². The van der Waals surface area contributed by atoms with Crippen LogP contribution in [-0.2, 0) is 9.59 Å². The van der Waals surface area contributed by atoms with E-state index in [0.717, 1.165) is 6.42 Å². The lowest BCUT2D eigenvalue weighted by atomic mass is 10.2. The minimum Gasteiger partial charge on any atom is -0.504 e. The van der Waals surface area contributed by atoms with Crippen molar-refractivity contribution >= 4 is 18.0 Å². The number of benzene rings is 1. The van der Waals surface area contributed by atoms with Gasteiger partial charge in [0.2, 0.25) is 0 Å². The highest BCUT2D eigenvalue weighted by Gasteiger charge is 2.14. The van der Waals surface area contributed by atoms with E-state index < -0.39 is 11.8 Å². The molecule has 114 valence electrons. The van der Waals surface area contributed by atoms with Crippen molar-refractivity contribution in [3.63, 3.8) is 0 Å². The molecule has 0 fully saturated rings. The lowest BCUT2D eigenvalue weighted by molar-refractivity contribution is -0.139. The molecule has 0 saturated heterocycles. The predicted molar refractivity (Wildman–Crippen MR) is 78.3 cm³/mol. The Labute approximate surface area is 123 Å². The number of rotatable bonds is 5. The molecule has 7 nitrogen and oxygen atoms in total. The molecule has 7 heteroatoms. The Kier molecular flexibility index (Phi) is 6.19. The van der Waals surface area contributed by atoms with Crippen LogP contribution >= 0.6 is 0 Å². The summed E-state index contributed by atoms with van der Waals surface area (Å²) in [7, 11) is 1.43. The summed E-state index contributed by atoms with van der Waals surface area (Å²) >= 11 is 0. The van der Waals surface area contributed by atoms with Gasteiger partial charge in [0.1, 0.15) is 0 Å². The van der Waals surface area contributed by atoms with Crippen LogP contribution in [0, 0.1) is 0 Å². The van der Waals surface area contributed by atoms with Crippen LogP contribution < -0.4 is 15.5 Å². The van der Waals surface area contributed by atoms with Gasteiger partial charge in [-0.05, 0) is 25.5 Å². The normalized spacial score (nSPS) is 12.0. The summed E-state index contributed by atoms with van der Waals surface area (Å²) in [5.74, 6) is -1.42. The van der Waals surface area contributed by atoms with Crippen LogP contribution in [0.2, 0.25) is 0 Å². The first-order valence-electron chi connectivity index (χ1n) is 6.49. The van der Waals surface area contributed by atoms with Gasteiger partial charge in [0, 0.05) is 11.6 Å². The highest BCUT2D eigenvalue weighted by Crippen LogP contribution is 2.27. The number of hydrogen-bond acceptors (Lipinski definition) is 5. The molecule has 1 aromatic rings. The average molecular weight is 293 g/mol. The molecule has 0 aliphatic heterocycles. The molecule has 2 amide bonds. The number of para-hydroxylation sites is 1. The molecular weight excluding hydrogens is 274 g/mol. The second-order valence-electron chi connectivity index (χ2n) is 4.38. The lowest BCUT2D eigenvalue weighted by Crippen LogP contribution is -2.41. The number of phenols is 1. The van der Waals surface area contributed by atoms with Crippen LogP contribution in [0.15, 0.2) is 23.3 Å². The van der Waals surface area contributed by atoms with E-state index in [0.29, 0.717) is 11.3 Å². The van der Waals surface area contributed by atoms with Gasteiger partial charge in [-0.3, -0.25) is 9.59 Å². The molecule has 1 rings (SSSR count). The number of amides is 2. The molecule has 21 heavy (non-hydrogen) atoms. The van der Waals surface area contributed by atoms with Crippen molar-refractivity contribution < 1.29 is 19.4 Å². The van der Waals surface area contributed by atoms with Gasteiger partial charge in [0.15, 0.2) is 11.5 Å². The minimum absolute atomic E-state index is 0.0883. The van der Waals surface area contributed by atoms with E-state index in [1.165, 1.54) is 13.3 Å². The largest absolute Gasteiger partial charge is 0.504 e. The Hall–Kier alpha value is -2.57. The zero-order chi connectivity index (χ0) is 15.8. The molecule has 0 bridgehead atoms. The van der Waals surface area contributed by atoms with Crippen molar-refractivity contribution in [1.82, 2.24) is 10.7 Å². The number of phenolic OH excluding ortho intramolecular Hbond substituents is 1. The van der Waals surface area contributed by atoms with Gasteiger partial charge in [0.25, 0.3) is 0 Å². The number of ether oxygens (including phenoxy) is 1. The molecule has 1 atom stereocenters. The van der Waals surface area contributed by atoms with Gasteiger partial charge in [-0.1, -0.05) is 13.0 Å². The number of methoxy groups -OCH3 is 1. The zero-order valence-corrected chi connectivity index (χ0v) is 12.2. The summed E-state index contributed by atoms with van der Waals surface area (Å²) in [6.07, 6.45) is 1.95. The van der Waals surface area contributed by atoms with Crippen molar-refractivity contribution in [3.8, 4) is 11.5 Å². The molecule has 3 N–H and O–H groups in total. The third kappa shape index (κ3) is 4.79. The van der Waals surface area contributed by atoms with E-state index in [9.17, 15) is 14.7 Å². The Bertz CT molecular complexity index is 543. The van der Waals surface area contributed by atoms with Crippen LogP contribution in [0.25, 0.3) is 0 Å². The maximum Gasteiger partial charge on any atom is 0.329 e. The maximum atomic E-state index is 11.5. The molecule has 0 saturated carbocycles. The van der Waals surface area contributed by atoms with Gasteiger partial charge in [-0.2, -0.15) is 5.10 Å². The summed E-state index contributed by atoms with van der Waals surface area (Å²) < 4.78 is 4.94. The first-order chi connectivity index (χ1) is 9.99. The number of carbonyl (C=O) groups is 2. The second-order valence-corrected chi connectivity index (χ2v) is 4.38. The van der Waals surface area contributed by atoms with E-state index in [1.807, 2.05) is 6.92 Å². The molecule has 0 aliphatic rings. The molecule has 1 aromatic carbocycles. The fourth-order valence-corrected chi connectivity index (χ4v) is 1.41. The summed E-state index contributed by atoms with van der Waals surface area (Å²) in [5.41, 5.74) is 2.45. The third-order valence-electron chi connectivity index (χ3n) is 2.82. The van der Waals surface area contributed by atoms with Gasteiger partial charge in [-0.15, -0.1) is 0 Å². The highest BCUT2D eigenvalue weighted by molar-refractivity contribution is 6.35. The summed E-state index contributed by atoms with van der Waals surface area (Å²) in [6, 6.07) is 4.75. The zero-order valence-electron chi connectivity index (χ0n) is 12.2. The van der Waals surface area contributed by atoms with Crippen LogP contribution in [0.3, 0.4) is 0 Å². The van der Waals surface area contributed by atoms with Crippen molar-refractivity contribution in [1.29, 1.82) is 0 Å². The van der Waals surface area contributed by atoms with E-state index in [1.54, 1.807) is 25.1 Å². The Morgan fingerprint density at radius 2 is 2.14 bits per heavy atom. The Morgan fingerprint density at radius 1 is 1.43 bits per heavy atom. The number of nitrogens with zero attached hydrogens (tertiary/aromatic N) is 1. The van der Waals surface area contributed by atoms with E-state index >= 15 is 0 Å². The number of hydrazone groups is 1. The summed E-state index contributed by atoms with van der Waals surface area (Å²) in [5, 5.41) is 16.0. The number of carbonyl (C=O) groups excluding carboxylic acids is 2. The predicted octanol–water partition coefficient (Wildman–Crippen LogP) is 0.766. The molecular formula is C14H19N3O4. The molecule has 0 spiro atoms. The smallest absolute Gasteiger partial charge is 0.329 e. The Balaban J connectivity index is 2.62. The first kappa shape index (κ1) is 16.5. The van der Waals surface area contributed by atoms with Crippen LogP contribution in [0.4, 0.5) is 0 Å². The fourth-order valence-electron chi connectivity index (χ4n) is 1.41. The van der Waals surface area contributed by atoms with E-state index in [4.69, 9.17) is 4.74 Å².